The first-order valence-corrected chi connectivity index (χ1v) is 8.63. The molecule has 1 amide bonds. The molecule has 2 aromatic rings. The molecule has 1 saturated heterocycles. The third kappa shape index (κ3) is 2.90. The Bertz CT molecular complexity index is 723. The summed E-state index contributed by atoms with van der Waals surface area (Å²) >= 11 is 0. The molecule has 0 spiro atoms. The summed E-state index contributed by atoms with van der Waals surface area (Å²) in [6.45, 7) is 5.71. The molecule has 24 heavy (non-hydrogen) atoms. The fourth-order valence-electron chi connectivity index (χ4n) is 3.52. The van der Waals surface area contributed by atoms with Crippen LogP contribution in [-0.2, 0) is 6.54 Å². The van der Waals surface area contributed by atoms with Crippen LogP contribution in [-0.4, -0.2) is 34.2 Å². The zero-order valence-electron chi connectivity index (χ0n) is 14.7. The number of hydrogen-bond acceptors (Lipinski definition) is 3. The highest BCUT2D eigenvalue weighted by atomic mass is 16.5. The lowest BCUT2D eigenvalue weighted by Crippen LogP contribution is -2.31. The van der Waals surface area contributed by atoms with Gasteiger partial charge < -0.3 is 9.64 Å². The van der Waals surface area contributed by atoms with Crippen molar-refractivity contribution in [3.8, 4) is 5.75 Å². The van der Waals surface area contributed by atoms with Crippen molar-refractivity contribution in [3.05, 3.63) is 47.3 Å². The van der Waals surface area contributed by atoms with E-state index in [0.717, 1.165) is 49.4 Å². The van der Waals surface area contributed by atoms with Gasteiger partial charge in [0.1, 0.15) is 5.75 Å². The van der Waals surface area contributed by atoms with Gasteiger partial charge in [-0.3, -0.25) is 9.48 Å². The highest BCUT2D eigenvalue weighted by Crippen LogP contribution is 2.37. The van der Waals surface area contributed by atoms with Crippen molar-refractivity contribution in [2.75, 3.05) is 13.7 Å². The van der Waals surface area contributed by atoms with Gasteiger partial charge in [-0.15, -0.1) is 0 Å². The first-order valence-electron chi connectivity index (χ1n) is 8.63. The first kappa shape index (κ1) is 16.6. The molecule has 0 unspecified atom stereocenters. The molecule has 0 bridgehead atoms. The van der Waals surface area contributed by atoms with Crippen LogP contribution >= 0.6 is 0 Å². The van der Waals surface area contributed by atoms with E-state index < -0.39 is 0 Å². The molecule has 5 nitrogen and oxygen atoms in total. The molecule has 1 aromatic carbocycles. The second-order valence-corrected chi connectivity index (χ2v) is 6.27. The Labute approximate surface area is 143 Å². The maximum atomic E-state index is 13.1. The topological polar surface area (TPSA) is 47.4 Å². The molecule has 0 aliphatic carbocycles. The van der Waals surface area contributed by atoms with E-state index in [0.29, 0.717) is 5.56 Å². The van der Waals surface area contributed by atoms with Crippen molar-refractivity contribution >= 4 is 5.91 Å². The highest BCUT2D eigenvalue weighted by Gasteiger charge is 2.33. The number of aromatic nitrogens is 2. The summed E-state index contributed by atoms with van der Waals surface area (Å²) in [6, 6.07) is 8.05. The van der Waals surface area contributed by atoms with E-state index in [1.165, 1.54) is 0 Å². The van der Waals surface area contributed by atoms with E-state index in [1.807, 2.05) is 34.7 Å². The van der Waals surface area contributed by atoms with Crippen molar-refractivity contribution in [3.63, 3.8) is 0 Å². The average molecular weight is 327 g/mol. The Balaban J connectivity index is 1.89. The van der Waals surface area contributed by atoms with Crippen molar-refractivity contribution < 1.29 is 9.53 Å². The van der Waals surface area contributed by atoms with Crippen LogP contribution in [0.5, 0.6) is 5.75 Å². The summed E-state index contributed by atoms with van der Waals surface area (Å²) in [7, 11) is 1.68. The number of benzene rings is 1. The summed E-state index contributed by atoms with van der Waals surface area (Å²) in [4.78, 5) is 15.1. The Morgan fingerprint density at radius 3 is 2.92 bits per heavy atom. The van der Waals surface area contributed by atoms with Crippen LogP contribution in [0.2, 0.25) is 0 Å². The monoisotopic (exact) mass is 327 g/mol. The number of aryl methyl sites for hydroxylation is 1. The molecule has 0 saturated carbocycles. The molecule has 0 radical (unpaired) electrons. The van der Waals surface area contributed by atoms with Crippen LogP contribution in [0, 0.1) is 6.92 Å². The van der Waals surface area contributed by atoms with Crippen molar-refractivity contribution in [2.45, 2.75) is 45.7 Å². The van der Waals surface area contributed by atoms with Crippen LogP contribution in [0.1, 0.15) is 53.8 Å². The predicted molar refractivity (Wildman–Crippen MR) is 93.3 cm³/mol. The zero-order valence-corrected chi connectivity index (χ0v) is 14.7. The number of likely N-dealkylation sites (tertiary alicyclic amines) is 1. The summed E-state index contributed by atoms with van der Waals surface area (Å²) in [5.41, 5.74) is 2.75. The summed E-state index contributed by atoms with van der Waals surface area (Å²) < 4.78 is 7.41. The molecule has 1 atom stereocenters. The number of carbonyl (C=O) groups is 1. The maximum absolute atomic E-state index is 13.1. The lowest BCUT2D eigenvalue weighted by molar-refractivity contribution is 0.0733. The number of carbonyl (C=O) groups excluding carboxylic acids is 1. The zero-order chi connectivity index (χ0) is 17.1. The Hall–Kier alpha value is -2.30. The molecule has 1 aromatic heterocycles. The molecule has 1 aliphatic rings. The largest absolute Gasteiger partial charge is 0.496 e. The fourth-order valence-corrected chi connectivity index (χ4v) is 3.52. The van der Waals surface area contributed by atoms with E-state index in [-0.39, 0.29) is 11.9 Å². The smallest absolute Gasteiger partial charge is 0.257 e. The number of nitrogens with zero attached hydrogens (tertiary/aromatic N) is 3. The minimum Gasteiger partial charge on any atom is -0.496 e. The number of amides is 1. The molecule has 128 valence electrons. The number of ether oxygens (including phenoxy) is 1. The molecule has 0 N–H and O–H groups in total. The molecule has 5 heteroatoms. The summed E-state index contributed by atoms with van der Waals surface area (Å²) in [5.74, 6) is 0.920. The molecular formula is C19H25N3O2. The minimum absolute atomic E-state index is 0.0718. The van der Waals surface area contributed by atoms with E-state index >= 15 is 0 Å². The van der Waals surface area contributed by atoms with Gasteiger partial charge in [-0.25, -0.2) is 0 Å². The van der Waals surface area contributed by atoms with E-state index in [2.05, 4.69) is 18.1 Å². The van der Waals surface area contributed by atoms with Crippen LogP contribution in [0.3, 0.4) is 0 Å². The van der Waals surface area contributed by atoms with Gasteiger partial charge >= 0.3 is 0 Å². The van der Waals surface area contributed by atoms with E-state index in [4.69, 9.17) is 4.74 Å². The third-order valence-corrected chi connectivity index (χ3v) is 4.78. The van der Waals surface area contributed by atoms with Gasteiger partial charge in [-0.1, -0.05) is 25.1 Å². The SMILES string of the molecule is CCCn1ncc(C(=O)N2CCC[C@@H]2c2ccccc2OC)c1C. The lowest BCUT2D eigenvalue weighted by Gasteiger charge is -2.26. The van der Waals surface area contributed by atoms with Crippen LogP contribution in [0.25, 0.3) is 0 Å². The normalized spacial score (nSPS) is 17.3. The van der Waals surface area contributed by atoms with Gasteiger partial charge in [0, 0.05) is 24.3 Å². The molecule has 3 rings (SSSR count). The Morgan fingerprint density at radius 1 is 1.38 bits per heavy atom. The molecule has 2 heterocycles. The summed E-state index contributed by atoms with van der Waals surface area (Å²) in [5, 5.41) is 4.37. The molecular weight excluding hydrogens is 302 g/mol. The van der Waals surface area contributed by atoms with Crippen LogP contribution < -0.4 is 4.74 Å². The Morgan fingerprint density at radius 2 is 2.17 bits per heavy atom. The number of para-hydroxylation sites is 1. The molecule has 1 fully saturated rings. The number of rotatable bonds is 5. The third-order valence-electron chi connectivity index (χ3n) is 4.78. The van der Waals surface area contributed by atoms with Crippen LogP contribution in [0.15, 0.2) is 30.5 Å². The first-order chi connectivity index (χ1) is 11.7. The quantitative estimate of drug-likeness (QED) is 0.843. The van der Waals surface area contributed by atoms with Crippen molar-refractivity contribution in [2.24, 2.45) is 0 Å². The number of hydrogen-bond donors (Lipinski definition) is 0. The van der Waals surface area contributed by atoms with Crippen molar-refractivity contribution in [1.29, 1.82) is 0 Å². The average Bonchev–Trinajstić information content (AvgIpc) is 3.22. The predicted octanol–water partition coefficient (Wildman–Crippen LogP) is 3.59. The van der Waals surface area contributed by atoms with Gasteiger partial charge in [-0.2, -0.15) is 5.10 Å². The minimum atomic E-state index is 0.0718. The maximum Gasteiger partial charge on any atom is 0.257 e. The van der Waals surface area contributed by atoms with Gasteiger partial charge in [0.15, 0.2) is 0 Å². The van der Waals surface area contributed by atoms with E-state index in [1.54, 1.807) is 13.3 Å². The lowest BCUT2D eigenvalue weighted by atomic mass is 10.0. The van der Waals surface area contributed by atoms with Crippen molar-refractivity contribution in [1.82, 2.24) is 14.7 Å². The van der Waals surface area contributed by atoms with Gasteiger partial charge in [0.25, 0.3) is 5.91 Å². The van der Waals surface area contributed by atoms with Gasteiger partial charge in [-0.05, 0) is 32.3 Å². The second-order valence-electron chi connectivity index (χ2n) is 6.27. The van der Waals surface area contributed by atoms with Gasteiger partial charge in [0.05, 0.1) is 24.9 Å². The second kappa shape index (κ2) is 7.07. The highest BCUT2D eigenvalue weighted by molar-refractivity contribution is 5.95. The fraction of sp³-hybridized carbons (Fsp3) is 0.474. The van der Waals surface area contributed by atoms with Gasteiger partial charge in [0.2, 0.25) is 0 Å². The van der Waals surface area contributed by atoms with E-state index in [9.17, 15) is 4.79 Å². The Kier molecular flexibility index (Phi) is 4.88. The molecule has 1 aliphatic heterocycles. The number of methoxy groups -OCH3 is 1. The summed E-state index contributed by atoms with van der Waals surface area (Å²) in [6.07, 6.45) is 4.69. The van der Waals surface area contributed by atoms with Crippen LogP contribution in [0.4, 0.5) is 0 Å². The standard InChI is InChI=1S/C19H25N3O2/c1-4-11-22-14(2)16(13-20-22)19(23)21-12-7-9-17(21)15-8-5-6-10-18(15)24-3/h5-6,8,10,13,17H,4,7,9,11-12H2,1-3H3/t17-/m1/s1.